The summed E-state index contributed by atoms with van der Waals surface area (Å²) in [5.41, 5.74) is 9.15. The van der Waals surface area contributed by atoms with Gasteiger partial charge in [0.05, 0.1) is 0 Å². The molecule has 0 radical (unpaired) electrons. The zero-order chi connectivity index (χ0) is 14.5. The van der Waals surface area contributed by atoms with Crippen LogP contribution in [0.4, 0.5) is 0 Å². The lowest BCUT2D eigenvalue weighted by molar-refractivity contribution is 0.306. The zero-order valence-electron chi connectivity index (χ0n) is 11.9. The van der Waals surface area contributed by atoms with Crippen molar-refractivity contribution in [2.75, 3.05) is 0 Å². The van der Waals surface area contributed by atoms with Gasteiger partial charge in [-0.3, -0.25) is 0 Å². The zero-order valence-corrected chi connectivity index (χ0v) is 12.7. The quantitative estimate of drug-likeness (QED) is 0.899. The highest BCUT2D eigenvalue weighted by Gasteiger charge is 2.03. The van der Waals surface area contributed by atoms with E-state index in [-0.39, 0.29) is 6.04 Å². The molecule has 3 heteroatoms. The second kappa shape index (κ2) is 6.78. The summed E-state index contributed by atoms with van der Waals surface area (Å²) in [6, 6.07) is 14.2. The van der Waals surface area contributed by atoms with E-state index in [0.717, 1.165) is 28.3 Å². The number of hydrogen-bond donors (Lipinski definition) is 1. The van der Waals surface area contributed by atoms with Crippen LogP contribution in [0.1, 0.15) is 23.6 Å². The molecule has 0 fully saturated rings. The van der Waals surface area contributed by atoms with Crippen molar-refractivity contribution in [2.45, 2.75) is 32.9 Å². The second-order valence-electron chi connectivity index (χ2n) is 5.21. The molecule has 106 valence electrons. The molecule has 1 unspecified atom stereocenters. The summed E-state index contributed by atoms with van der Waals surface area (Å²) in [7, 11) is 0. The maximum Gasteiger partial charge on any atom is 0.119 e. The molecule has 2 aromatic rings. The first-order valence-electron chi connectivity index (χ1n) is 6.77. The minimum Gasteiger partial charge on any atom is -0.489 e. The van der Waals surface area contributed by atoms with Gasteiger partial charge in [-0.25, -0.2) is 0 Å². The predicted molar refractivity (Wildman–Crippen MR) is 84.3 cm³/mol. The van der Waals surface area contributed by atoms with E-state index in [9.17, 15) is 0 Å². The standard InChI is InChI=1S/C17H20ClNO/c1-12-3-6-15(17(18)9-12)11-20-16-7-4-14(5-8-16)10-13(2)19/h3-9,13H,10-11,19H2,1-2H3. The van der Waals surface area contributed by atoms with Gasteiger partial charge in [-0.15, -0.1) is 0 Å². The van der Waals surface area contributed by atoms with Gasteiger partial charge in [0.2, 0.25) is 0 Å². The summed E-state index contributed by atoms with van der Waals surface area (Å²) in [6.45, 7) is 4.50. The monoisotopic (exact) mass is 289 g/mol. The SMILES string of the molecule is Cc1ccc(COc2ccc(CC(C)N)cc2)c(Cl)c1. The first kappa shape index (κ1) is 14.9. The second-order valence-corrected chi connectivity index (χ2v) is 5.62. The lowest BCUT2D eigenvalue weighted by Gasteiger charge is -2.10. The normalized spacial score (nSPS) is 12.2. The van der Waals surface area contributed by atoms with Crippen LogP contribution in [0.15, 0.2) is 42.5 Å². The third-order valence-corrected chi connectivity index (χ3v) is 3.44. The van der Waals surface area contributed by atoms with Crippen LogP contribution in [-0.4, -0.2) is 6.04 Å². The third kappa shape index (κ3) is 4.26. The van der Waals surface area contributed by atoms with Crippen molar-refractivity contribution in [2.24, 2.45) is 5.73 Å². The first-order chi connectivity index (χ1) is 9.54. The maximum absolute atomic E-state index is 6.18. The van der Waals surface area contributed by atoms with Crippen molar-refractivity contribution in [3.05, 3.63) is 64.2 Å². The van der Waals surface area contributed by atoms with E-state index in [4.69, 9.17) is 22.1 Å². The summed E-state index contributed by atoms with van der Waals surface area (Å²) in [5, 5.41) is 0.749. The lowest BCUT2D eigenvalue weighted by Crippen LogP contribution is -2.17. The van der Waals surface area contributed by atoms with Crippen LogP contribution in [-0.2, 0) is 13.0 Å². The Balaban J connectivity index is 1.96. The van der Waals surface area contributed by atoms with Gasteiger partial charge >= 0.3 is 0 Å². The molecule has 2 N–H and O–H groups in total. The molecular formula is C17H20ClNO. The van der Waals surface area contributed by atoms with Crippen LogP contribution in [0.5, 0.6) is 5.75 Å². The molecule has 0 bridgehead atoms. The molecule has 0 saturated carbocycles. The topological polar surface area (TPSA) is 35.2 Å². The van der Waals surface area contributed by atoms with Gasteiger partial charge in [0.15, 0.2) is 0 Å². The highest BCUT2D eigenvalue weighted by molar-refractivity contribution is 6.31. The smallest absolute Gasteiger partial charge is 0.119 e. The highest BCUT2D eigenvalue weighted by Crippen LogP contribution is 2.20. The van der Waals surface area contributed by atoms with Crippen LogP contribution < -0.4 is 10.5 Å². The van der Waals surface area contributed by atoms with Crippen molar-refractivity contribution >= 4 is 11.6 Å². The number of ether oxygens (including phenoxy) is 1. The number of hydrogen-bond acceptors (Lipinski definition) is 2. The van der Waals surface area contributed by atoms with E-state index >= 15 is 0 Å². The minimum atomic E-state index is 0.174. The van der Waals surface area contributed by atoms with Crippen LogP contribution in [0.3, 0.4) is 0 Å². The molecule has 0 aliphatic rings. The van der Waals surface area contributed by atoms with Gasteiger partial charge < -0.3 is 10.5 Å². The first-order valence-corrected chi connectivity index (χ1v) is 7.15. The average Bonchev–Trinajstić information content (AvgIpc) is 2.39. The molecule has 0 spiro atoms. The summed E-state index contributed by atoms with van der Waals surface area (Å²) in [6.07, 6.45) is 0.879. The van der Waals surface area contributed by atoms with Crippen molar-refractivity contribution in [1.29, 1.82) is 0 Å². The Kier molecular flexibility index (Phi) is 5.05. The predicted octanol–water partition coefficient (Wildman–Crippen LogP) is 4.12. The Morgan fingerprint density at radius 1 is 1.15 bits per heavy atom. The summed E-state index contributed by atoms with van der Waals surface area (Å²) in [5.74, 6) is 0.843. The fourth-order valence-corrected chi connectivity index (χ4v) is 2.31. The van der Waals surface area contributed by atoms with Crippen molar-refractivity contribution in [3.8, 4) is 5.75 Å². The summed E-state index contributed by atoms with van der Waals surface area (Å²) < 4.78 is 5.76. The molecule has 2 rings (SSSR count). The van der Waals surface area contributed by atoms with Crippen molar-refractivity contribution in [1.82, 2.24) is 0 Å². The van der Waals surface area contributed by atoms with E-state index in [1.165, 1.54) is 5.56 Å². The molecule has 0 aliphatic carbocycles. The van der Waals surface area contributed by atoms with Crippen LogP contribution in [0.25, 0.3) is 0 Å². The van der Waals surface area contributed by atoms with Crippen LogP contribution >= 0.6 is 11.6 Å². The fraction of sp³-hybridized carbons (Fsp3) is 0.294. The Morgan fingerprint density at radius 3 is 2.45 bits per heavy atom. The molecule has 2 aromatic carbocycles. The third-order valence-electron chi connectivity index (χ3n) is 3.08. The van der Waals surface area contributed by atoms with Gasteiger partial charge in [0, 0.05) is 16.6 Å². The Labute approximate surface area is 125 Å². The number of halogens is 1. The Morgan fingerprint density at radius 2 is 1.85 bits per heavy atom. The average molecular weight is 290 g/mol. The van der Waals surface area contributed by atoms with E-state index in [2.05, 4.69) is 12.1 Å². The molecule has 20 heavy (non-hydrogen) atoms. The van der Waals surface area contributed by atoms with E-state index < -0.39 is 0 Å². The number of rotatable bonds is 5. The Hall–Kier alpha value is -1.51. The van der Waals surface area contributed by atoms with E-state index in [1.807, 2.05) is 44.2 Å². The van der Waals surface area contributed by atoms with Crippen LogP contribution in [0.2, 0.25) is 5.02 Å². The van der Waals surface area contributed by atoms with Gasteiger partial charge in [0.25, 0.3) is 0 Å². The molecule has 0 aromatic heterocycles. The highest BCUT2D eigenvalue weighted by atomic mass is 35.5. The molecular weight excluding hydrogens is 270 g/mol. The summed E-state index contributed by atoms with van der Waals surface area (Å²) in [4.78, 5) is 0. The summed E-state index contributed by atoms with van der Waals surface area (Å²) >= 11 is 6.18. The molecule has 0 aliphatic heterocycles. The maximum atomic E-state index is 6.18. The number of aryl methyl sites for hydroxylation is 1. The molecule has 0 heterocycles. The van der Waals surface area contributed by atoms with Crippen molar-refractivity contribution < 1.29 is 4.74 Å². The van der Waals surface area contributed by atoms with Crippen LogP contribution in [0, 0.1) is 6.92 Å². The van der Waals surface area contributed by atoms with Crippen molar-refractivity contribution in [3.63, 3.8) is 0 Å². The van der Waals surface area contributed by atoms with E-state index in [0.29, 0.717) is 6.61 Å². The lowest BCUT2D eigenvalue weighted by atomic mass is 10.1. The number of nitrogens with two attached hydrogens (primary N) is 1. The van der Waals surface area contributed by atoms with Gasteiger partial charge in [-0.05, 0) is 49.6 Å². The van der Waals surface area contributed by atoms with Gasteiger partial charge in [-0.1, -0.05) is 35.9 Å². The fourth-order valence-electron chi connectivity index (χ4n) is 2.02. The van der Waals surface area contributed by atoms with Gasteiger partial charge in [0.1, 0.15) is 12.4 Å². The van der Waals surface area contributed by atoms with Gasteiger partial charge in [-0.2, -0.15) is 0 Å². The molecule has 2 nitrogen and oxygen atoms in total. The van der Waals surface area contributed by atoms with E-state index in [1.54, 1.807) is 0 Å². The number of benzene rings is 2. The molecule has 0 saturated heterocycles. The molecule has 0 amide bonds. The molecule has 1 atom stereocenters. The minimum absolute atomic E-state index is 0.174. The largest absolute Gasteiger partial charge is 0.489 e. The Bertz CT molecular complexity index is 564.